The predicted octanol–water partition coefficient (Wildman–Crippen LogP) is 5.58. The molecule has 15 atom stereocenters. The van der Waals surface area contributed by atoms with E-state index in [-0.39, 0.29) is 11.6 Å². The van der Waals surface area contributed by atoms with Crippen molar-refractivity contribution in [3.8, 4) is 0 Å². The standard InChI is InChI=1S/C28H38O2/c1-28(2,3)30-21(29)9-14-7-15-8-16(14)25-20-11-19(24(15)25)26-17-10-18(27(20)26)23-13-5-4-12(6-13)22(17)23/h4-5,12-20,22-27H,6-11H2,1-3H3. The fraction of sp³-hybridized carbons (Fsp3) is 0.893. The van der Waals surface area contributed by atoms with Gasteiger partial charge in [0.1, 0.15) is 5.60 Å². The predicted molar refractivity (Wildman–Crippen MR) is 115 cm³/mol. The van der Waals surface area contributed by atoms with Gasteiger partial charge in [0, 0.05) is 6.42 Å². The number of allylic oxidation sites excluding steroid dienone is 2. The summed E-state index contributed by atoms with van der Waals surface area (Å²) in [4.78, 5) is 12.6. The quantitative estimate of drug-likeness (QED) is 0.340. The van der Waals surface area contributed by atoms with Gasteiger partial charge < -0.3 is 4.74 Å². The molecule has 162 valence electrons. The molecule has 0 aromatic heterocycles. The summed E-state index contributed by atoms with van der Waals surface area (Å²) in [6, 6.07) is 0. The first-order chi connectivity index (χ1) is 14.4. The average molecular weight is 407 g/mol. The third kappa shape index (κ3) is 1.98. The summed E-state index contributed by atoms with van der Waals surface area (Å²) in [5.41, 5.74) is -0.342. The third-order valence-electron chi connectivity index (χ3n) is 12.2. The average Bonchev–Trinajstić information content (AvgIpc) is 3.51. The molecule has 0 saturated heterocycles. The van der Waals surface area contributed by atoms with Gasteiger partial charge in [-0.1, -0.05) is 12.2 Å². The number of hydrogen-bond donors (Lipinski definition) is 0. The molecular weight excluding hydrogens is 368 g/mol. The Balaban J connectivity index is 1.06. The van der Waals surface area contributed by atoms with Crippen molar-refractivity contribution in [3.63, 3.8) is 0 Å². The van der Waals surface area contributed by atoms with E-state index in [9.17, 15) is 4.79 Å². The van der Waals surface area contributed by atoms with E-state index in [1.165, 1.54) is 19.3 Å². The molecular formula is C28H38O2. The van der Waals surface area contributed by atoms with Crippen molar-refractivity contribution in [2.24, 2.45) is 88.8 Å². The molecule has 0 N–H and O–H groups in total. The van der Waals surface area contributed by atoms with E-state index in [2.05, 4.69) is 12.2 Å². The van der Waals surface area contributed by atoms with Crippen LogP contribution in [0.15, 0.2) is 12.2 Å². The van der Waals surface area contributed by atoms with Crippen LogP contribution in [0.3, 0.4) is 0 Å². The number of esters is 1. The first-order valence-corrected chi connectivity index (χ1v) is 13.3. The Morgan fingerprint density at radius 2 is 1.30 bits per heavy atom. The van der Waals surface area contributed by atoms with Gasteiger partial charge in [-0.25, -0.2) is 0 Å². The smallest absolute Gasteiger partial charge is 0.306 e. The molecule has 0 aromatic carbocycles. The minimum Gasteiger partial charge on any atom is -0.460 e. The van der Waals surface area contributed by atoms with Crippen molar-refractivity contribution < 1.29 is 9.53 Å². The summed E-state index contributed by atoms with van der Waals surface area (Å²) in [5.74, 6) is 15.0. The molecule has 15 unspecified atom stereocenters. The Morgan fingerprint density at radius 1 is 0.733 bits per heavy atom. The van der Waals surface area contributed by atoms with E-state index in [1.54, 1.807) is 12.8 Å². The number of carbonyl (C=O) groups excluding carboxylic acids is 1. The summed E-state index contributed by atoms with van der Waals surface area (Å²) in [5, 5.41) is 0. The van der Waals surface area contributed by atoms with Crippen molar-refractivity contribution in [3.05, 3.63) is 12.2 Å². The lowest BCUT2D eigenvalue weighted by atomic mass is 9.54. The SMILES string of the molecule is CC(C)(C)OC(=O)CC1CC2CC1C1C3CC(C21)C1C2CC(C4C5C=CC(C5)C24)C31. The fourth-order valence-electron chi connectivity index (χ4n) is 12.5. The highest BCUT2D eigenvalue weighted by molar-refractivity contribution is 5.70. The fourth-order valence-corrected chi connectivity index (χ4v) is 12.5. The van der Waals surface area contributed by atoms with Crippen molar-refractivity contribution in [1.82, 2.24) is 0 Å². The van der Waals surface area contributed by atoms with Crippen LogP contribution in [-0.4, -0.2) is 11.6 Å². The van der Waals surface area contributed by atoms with Crippen LogP contribution in [0.2, 0.25) is 0 Å². The summed E-state index contributed by atoms with van der Waals surface area (Å²) in [6.45, 7) is 6.02. The molecule has 0 amide bonds. The van der Waals surface area contributed by atoms with Crippen molar-refractivity contribution in [1.29, 1.82) is 0 Å². The molecule has 8 aliphatic rings. The van der Waals surface area contributed by atoms with Crippen LogP contribution >= 0.6 is 0 Å². The third-order valence-corrected chi connectivity index (χ3v) is 12.2. The van der Waals surface area contributed by atoms with Crippen LogP contribution in [0.4, 0.5) is 0 Å². The highest BCUT2D eigenvalue weighted by Gasteiger charge is 2.75. The molecule has 2 nitrogen and oxygen atoms in total. The lowest BCUT2D eigenvalue weighted by molar-refractivity contribution is -0.157. The first kappa shape index (κ1) is 17.7. The van der Waals surface area contributed by atoms with E-state index in [4.69, 9.17) is 4.74 Å². The lowest BCUT2D eigenvalue weighted by Gasteiger charge is -2.50. The first-order valence-electron chi connectivity index (χ1n) is 13.3. The second-order valence-corrected chi connectivity index (χ2v) is 14.0. The molecule has 7 fully saturated rings. The minimum atomic E-state index is -0.342. The Kier molecular flexibility index (Phi) is 3.19. The highest BCUT2D eigenvalue weighted by Crippen LogP contribution is 2.81. The van der Waals surface area contributed by atoms with Gasteiger partial charge in [0.25, 0.3) is 0 Å². The molecule has 0 radical (unpaired) electrons. The maximum absolute atomic E-state index is 12.6. The van der Waals surface area contributed by atoms with Crippen molar-refractivity contribution in [2.75, 3.05) is 0 Å². The Labute approximate surface area is 181 Å². The Morgan fingerprint density at radius 3 is 1.93 bits per heavy atom. The van der Waals surface area contributed by atoms with Gasteiger partial charge in [0.15, 0.2) is 0 Å². The van der Waals surface area contributed by atoms with Gasteiger partial charge in [0.05, 0.1) is 0 Å². The number of hydrogen-bond acceptors (Lipinski definition) is 2. The number of fused-ring (bicyclic) bond motifs is 23. The Hall–Kier alpha value is -0.790. The topological polar surface area (TPSA) is 26.3 Å². The van der Waals surface area contributed by atoms with Crippen molar-refractivity contribution in [2.45, 2.75) is 64.9 Å². The molecule has 0 aromatic rings. The summed E-state index contributed by atoms with van der Waals surface area (Å²) >= 11 is 0. The molecule has 8 bridgehead atoms. The van der Waals surface area contributed by atoms with Crippen LogP contribution in [0, 0.1) is 88.8 Å². The van der Waals surface area contributed by atoms with E-state index in [0.717, 1.165) is 82.9 Å². The van der Waals surface area contributed by atoms with E-state index < -0.39 is 0 Å². The van der Waals surface area contributed by atoms with Gasteiger partial charge >= 0.3 is 5.97 Å². The van der Waals surface area contributed by atoms with Crippen LogP contribution in [0.25, 0.3) is 0 Å². The minimum absolute atomic E-state index is 0.0640. The van der Waals surface area contributed by atoms with Crippen LogP contribution in [0.1, 0.15) is 59.3 Å². The highest BCUT2D eigenvalue weighted by atomic mass is 16.6. The molecule has 0 aliphatic heterocycles. The maximum atomic E-state index is 12.6. The van der Waals surface area contributed by atoms with E-state index >= 15 is 0 Å². The van der Waals surface area contributed by atoms with Crippen LogP contribution < -0.4 is 0 Å². The molecule has 8 aliphatic carbocycles. The van der Waals surface area contributed by atoms with Crippen LogP contribution in [0.5, 0.6) is 0 Å². The van der Waals surface area contributed by atoms with Gasteiger partial charge in [-0.2, -0.15) is 0 Å². The summed E-state index contributed by atoms with van der Waals surface area (Å²) < 4.78 is 5.72. The normalized spacial score (nSPS) is 62.3. The second kappa shape index (κ2) is 5.40. The monoisotopic (exact) mass is 406 g/mol. The number of rotatable bonds is 2. The molecule has 7 saturated carbocycles. The Bertz CT molecular complexity index is 836. The largest absolute Gasteiger partial charge is 0.460 e. The second-order valence-electron chi connectivity index (χ2n) is 14.0. The lowest BCUT2D eigenvalue weighted by Crippen LogP contribution is -2.47. The van der Waals surface area contributed by atoms with Gasteiger partial charge in [-0.05, 0) is 142 Å². The molecule has 0 spiro atoms. The molecule has 0 heterocycles. The number of ether oxygens (including phenoxy) is 1. The maximum Gasteiger partial charge on any atom is 0.306 e. The van der Waals surface area contributed by atoms with E-state index in [0.29, 0.717) is 12.3 Å². The van der Waals surface area contributed by atoms with Crippen molar-refractivity contribution >= 4 is 5.97 Å². The summed E-state index contributed by atoms with van der Waals surface area (Å²) in [7, 11) is 0. The zero-order valence-electron chi connectivity index (χ0n) is 18.9. The zero-order chi connectivity index (χ0) is 20.1. The molecule has 2 heteroatoms. The zero-order valence-corrected chi connectivity index (χ0v) is 18.9. The molecule has 8 rings (SSSR count). The van der Waals surface area contributed by atoms with Gasteiger partial charge in [0.2, 0.25) is 0 Å². The van der Waals surface area contributed by atoms with Gasteiger partial charge in [-0.15, -0.1) is 0 Å². The van der Waals surface area contributed by atoms with Gasteiger partial charge in [-0.3, -0.25) is 4.79 Å². The van der Waals surface area contributed by atoms with Crippen LogP contribution in [-0.2, 0) is 9.53 Å². The number of carbonyl (C=O) groups is 1. The molecule has 30 heavy (non-hydrogen) atoms. The van der Waals surface area contributed by atoms with E-state index in [1.807, 2.05) is 20.8 Å². The summed E-state index contributed by atoms with van der Waals surface area (Å²) in [6.07, 6.45) is 13.4.